The summed E-state index contributed by atoms with van der Waals surface area (Å²) in [5.41, 5.74) is 2.50. The number of aliphatic hydroxyl groups excluding tert-OH is 1. The Bertz CT molecular complexity index is 754. The van der Waals surface area contributed by atoms with Crippen molar-refractivity contribution in [1.82, 2.24) is 4.98 Å². The molecule has 3 aromatic rings. The number of benzene rings is 1. The van der Waals surface area contributed by atoms with Crippen molar-refractivity contribution in [1.29, 1.82) is 5.26 Å². The van der Waals surface area contributed by atoms with Crippen LogP contribution in [0.4, 0.5) is 0 Å². The van der Waals surface area contributed by atoms with Crippen LogP contribution in [-0.2, 0) is 0 Å². The molecule has 0 saturated carbocycles. The van der Waals surface area contributed by atoms with Gasteiger partial charge in [0.05, 0.1) is 23.6 Å². The third-order valence-corrected chi connectivity index (χ3v) is 3.03. The van der Waals surface area contributed by atoms with Crippen molar-refractivity contribution in [2.75, 3.05) is 0 Å². The lowest BCUT2D eigenvalue weighted by Gasteiger charge is -2.11. The summed E-state index contributed by atoms with van der Waals surface area (Å²) in [6, 6.07) is 12.4. The van der Waals surface area contributed by atoms with Gasteiger partial charge in [-0.15, -0.1) is 0 Å². The summed E-state index contributed by atoms with van der Waals surface area (Å²) in [4.78, 5) is 4.22. The van der Waals surface area contributed by atoms with E-state index in [1.165, 1.54) is 0 Å². The highest BCUT2D eigenvalue weighted by Crippen LogP contribution is 2.27. The van der Waals surface area contributed by atoms with Crippen molar-refractivity contribution < 1.29 is 9.52 Å². The minimum Gasteiger partial charge on any atom is -0.464 e. The van der Waals surface area contributed by atoms with Gasteiger partial charge in [0.1, 0.15) is 11.7 Å². The van der Waals surface area contributed by atoms with Gasteiger partial charge >= 0.3 is 0 Å². The number of aromatic nitrogens is 1. The molecule has 0 bridgehead atoms. The topological polar surface area (TPSA) is 70.0 Å². The fourth-order valence-electron chi connectivity index (χ4n) is 2.03. The predicted molar refractivity (Wildman–Crippen MR) is 69.2 cm³/mol. The van der Waals surface area contributed by atoms with E-state index in [-0.39, 0.29) is 0 Å². The van der Waals surface area contributed by atoms with Crippen LogP contribution in [0.15, 0.2) is 53.3 Å². The van der Waals surface area contributed by atoms with E-state index >= 15 is 0 Å². The maximum atomic E-state index is 10.4. The SMILES string of the molecule is N#Cc1ccc(C(O)c2nccc3occc23)cc1. The molecular weight excluding hydrogens is 240 g/mol. The van der Waals surface area contributed by atoms with Crippen LogP contribution in [0.1, 0.15) is 22.9 Å². The summed E-state index contributed by atoms with van der Waals surface area (Å²) in [6.45, 7) is 0. The molecule has 1 aromatic carbocycles. The Balaban J connectivity index is 2.05. The van der Waals surface area contributed by atoms with Gasteiger partial charge in [-0.2, -0.15) is 5.26 Å². The van der Waals surface area contributed by atoms with Gasteiger partial charge in [-0.1, -0.05) is 12.1 Å². The molecule has 0 fully saturated rings. The molecule has 0 amide bonds. The van der Waals surface area contributed by atoms with Gasteiger partial charge in [-0.3, -0.25) is 4.98 Å². The zero-order chi connectivity index (χ0) is 13.2. The molecule has 2 aromatic heterocycles. The molecule has 1 unspecified atom stereocenters. The first-order valence-electron chi connectivity index (χ1n) is 5.80. The summed E-state index contributed by atoms with van der Waals surface area (Å²) >= 11 is 0. The number of nitrogens with zero attached hydrogens (tertiary/aromatic N) is 2. The second kappa shape index (κ2) is 4.56. The second-order valence-electron chi connectivity index (χ2n) is 4.16. The summed E-state index contributed by atoms with van der Waals surface area (Å²) in [7, 11) is 0. The number of aliphatic hydroxyl groups is 1. The van der Waals surface area contributed by atoms with Gasteiger partial charge in [0.25, 0.3) is 0 Å². The molecule has 0 saturated heterocycles. The largest absolute Gasteiger partial charge is 0.464 e. The average Bonchev–Trinajstić information content (AvgIpc) is 2.95. The molecule has 92 valence electrons. The van der Waals surface area contributed by atoms with Gasteiger partial charge < -0.3 is 9.52 Å². The smallest absolute Gasteiger partial charge is 0.137 e. The van der Waals surface area contributed by atoms with Gasteiger partial charge in [0.15, 0.2) is 0 Å². The molecule has 19 heavy (non-hydrogen) atoms. The Morgan fingerprint density at radius 3 is 2.68 bits per heavy atom. The van der Waals surface area contributed by atoms with E-state index in [1.54, 1.807) is 48.9 Å². The minimum absolute atomic E-state index is 0.552. The average molecular weight is 250 g/mol. The number of hydrogen-bond acceptors (Lipinski definition) is 4. The Morgan fingerprint density at radius 2 is 1.95 bits per heavy atom. The third-order valence-electron chi connectivity index (χ3n) is 3.03. The molecule has 4 heteroatoms. The van der Waals surface area contributed by atoms with Crippen LogP contribution < -0.4 is 0 Å². The molecular formula is C15H10N2O2. The molecule has 4 nitrogen and oxygen atoms in total. The number of nitriles is 1. The van der Waals surface area contributed by atoms with Crippen molar-refractivity contribution in [3.63, 3.8) is 0 Å². The number of rotatable bonds is 2. The van der Waals surface area contributed by atoms with Crippen LogP contribution in [0.5, 0.6) is 0 Å². The highest BCUT2D eigenvalue weighted by Gasteiger charge is 2.16. The zero-order valence-electron chi connectivity index (χ0n) is 9.95. The van der Waals surface area contributed by atoms with Crippen LogP contribution in [-0.4, -0.2) is 10.1 Å². The summed E-state index contributed by atoms with van der Waals surface area (Å²) in [5, 5.41) is 19.9. The third kappa shape index (κ3) is 1.96. The normalized spacial score (nSPS) is 12.2. The fraction of sp³-hybridized carbons (Fsp3) is 0.0667. The summed E-state index contributed by atoms with van der Waals surface area (Å²) in [5.74, 6) is 0. The maximum Gasteiger partial charge on any atom is 0.137 e. The Morgan fingerprint density at radius 1 is 1.16 bits per heavy atom. The number of hydrogen-bond donors (Lipinski definition) is 1. The van der Waals surface area contributed by atoms with Gasteiger partial charge in [-0.25, -0.2) is 0 Å². The first-order chi connectivity index (χ1) is 9.29. The molecule has 2 heterocycles. The Labute approximate surface area is 109 Å². The highest BCUT2D eigenvalue weighted by molar-refractivity contribution is 5.80. The van der Waals surface area contributed by atoms with Crippen LogP contribution in [0.3, 0.4) is 0 Å². The molecule has 0 aliphatic rings. The van der Waals surface area contributed by atoms with E-state index in [4.69, 9.17) is 9.68 Å². The van der Waals surface area contributed by atoms with E-state index in [2.05, 4.69) is 4.98 Å². The van der Waals surface area contributed by atoms with Crippen LogP contribution in [0.2, 0.25) is 0 Å². The number of pyridine rings is 1. The van der Waals surface area contributed by atoms with E-state index in [1.807, 2.05) is 6.07 Å². The first-order valence-corrected chi connectivity index (χ1v) is 5.80. The lowest BCUT2D eigenvalue weighted by molar-refractivity contribution is 0.217. The highest BCUT2D eigenvalue weighted by atomic mass is 16.3. The van der Waals surface area contributed by atoms with Crippen LogP contribution in [0, 0.1) is 11.3 Å². The molecule has 3 rings (SSSR count). The van der Waals surface area contributed by atoms with Crippen molar-refractivity contribution >= 4 is 11.0 Å². The Kier molecular flexibility index (Phi) is 2.75. The monoisotopic (exact) mass is 250 g/mol. The van der Waals surface area contributed by atoms with Gasteiger partial charge in [0, 0.05) is 11.6 Å². The van der Waals surface area contributed by atoms with Gasteiger partial charge in [0.2, 0.25) is 0 Å². The molecule has 0 aliphatic carbocycles. The van der Waals surface area contributed by atoms with Crippen molar-refractivity contribution in [3.8, 4) is 6.07 Å². The van der Waals surface area contributed by atoms with Gasteiger partial charge in [-0.05, 0) is 29.8 Å². The fourth-order valence-corrected chi connectivity index (χ4v) is 2.03. The summed E-state index contributed by atoms with van der Waals surface area (Å²) in [6.07, 6.45) is 2.34. The standard InChI is InChI=1S/C15H10N2O2/c16-9-10-1-3-11(4-2-10)15(18)14-12-6-8-19-13(12)5-7-17-14/h1-8,15,18H. The number of fused-ring (bicyclic) bond motifs is 1. The molecule has 0 radical (unpaired) electrons. The minimum atomic E-state index is -0.839. The molecule has 0 spiro atoms. The van der Waals surface area contributed by atoms with E-state index in [9.17, 15) is 5.11 Å². The molecule has 0 aliphatic heterocycles. The van der Waals surface area contributed by atoms with Crippen molar-refractivity contribution in [2.45, 2.75) is 6.10 Å². The predicted octanol–water partition coefficient (Wildman–Crippen LogP) is 2.78. The number of furan rings is 1. The maximum absolute atomic E-state index is 10.4. The summed E-state index contributed by atoms with van der Waals surface area (Å²) < 4.78 is 5.29. The molecule has 1 N–H and O–H groups in total. The van der Waals surface area contributed by atoms with Crippen LogP contribution >= 0.6 is 0 Å². The van der Waals surface area contributed by atoms with Crippen molar-refractivity contribution in [2.24, 2.45) is 0 Å². The first kappa shape index (κ1) is 11.5. The quantitative estimate of drug-likeness (QED) is 0.759. The van der Waals surface area contributed by atoms with Crippen LogP contribution in [0.25, 0.3) is 11.0 Å². The second-order valence-corrected chi connectivity index (χ2v) is 4.16. The lowest BCUT2D eigenvalue weighted by Crippen LogP contribution is -2.02. The van der Waals surface area contributed by atoms with E-state index < -0.39 is 6.10 Å². The van der Waals surface area contributed by atoms with Crippen molar-refractivity contribution in [3.05, 3.63) is 65.7 Å². The Hall–Kier alpha value is -2.64. The van der Waals surface area contributed by atoms with E-state index in [0.717, 1.165) is 5.39 Å². The zero-order valence-corrected chi connectivity index (χ0v) is 9.95. The molecule has 1 atom stereocenters. The van der Waals surface area contributed by atoms with E-state index in [0.29, 0.717) is 22.4 Å². The lowest BCUT2D eigenvalue weighted by atomic mass is 10.0.